The van der Waals surface area contributed by atoms with Gasteiger partial charge in [0.15, 0.2) is 0 Å². The van der Waals surface area contributed by atoms with E-state index in [1.165, 1.54) is 0 Å². The van der Waals surface area contributed by atoms with Crippen LogP contribution in [-0.4, -0.2) is 38.7 Å². The van der Waals surface area contributed by atoms with Gasteiger partial charge in [0.1, 0.15) is 0 Å². The van der Waals surface area contributed by atoms with E-state index in [0.717, 1.165) is 5.75 Å². The molecule has 0 aromatic heterocycles. The second-order valence-corrected chi connectivity index (χ2v) is 2.18. The van der Waals surface area contributed by atoms with Crippen LogP contribution in [0.25, 0.3) is 0 Å². The average Bonchev–Trinajstić information content (AvgIpc) is 1.97. The van der Waals surface area contributed by atoms with Gasteiger partial charge in [-0.1, -0.05) is 0 Å². The molecule has 5 heteroatoms. The largest absolute Gasteiger partial charge is 0.378 e. The highest BCUT2D eigenvalue weighted by atomic mass is 35.5. The Morgan fingerprint density at radius 1 is 1.00 bits per heavy atom. The normalized spacial score (nSPS) is 9.27. The van der Waals surface area contributed by atoms with E-state index in [4.69, 9.17) is 15.2 Å². The molecule has 0 bridgehead atoms. The third-order valence-electron chi connectivity index (χ3n) is 0.870. The molecule has 0 spiro atoms. The Balaban J connectivity index is 0. The van der Waals surface area contributed by atoms with Crippen LogP contribution in [0.4, 0.5) is 0 Å². The Labute approximate surface area is 79.4 Å². The monoisotopic (exact) mass is 201 g/mol. The Morgan fingerprint density at radius 3 is 2.00 bits per heavy atom. The van der Waals surface area contributed by atoms with E-state index < -0.39 is 0 Å². The summed E-state index contributed by atoms with van der Waals surface area (Å²) in [6.45, 7) is 3.15. The molecular weight excluding hydrogens is 186 g/mol. The zero-order valence-electron chi connectivity index (χ0n) is 6.49. The summed E-state index contributed by atoms with van der Waals surface area (Å²) in [5.41, 5.74) is 5.19. The van der Waals surface area contributed by atoms with Crippen molar-refractivity contribution < 1.29 is 9.47 Å². The van der Waals surface area contributed by atoms with E-state index in [9.17, 15) is 0 Å². The molecule has 0 aliphatic carbocycles. The minimum absolute atomic E-state index is 0. The van der Waals surface area contributed by atoms with Crippen LogP contribution in [0.5, 0.6) is 0 Å². The van der Waals surface area contributed by atoms with Crippen molar-refractivity contribution in [3.63, 3.8) is 0 Å². The van der Waals surface area contributed by atoms with Gasteiger partial charge in [-0.05, 0) is 0 Å². The van der Waals surface area contributed by atoms with Gasteiger partial charge in [0.25, 0.3) is 0 Å². The van der Waals surface area contributed by atoms with Gasteiger partial charge in [0.2, 0.25) is 0 Å². The maximum Gasteiger partial charge on any atom is 0.0701 e. The number of nitrogens with two attached hydrogens (primary N) is 1. The minimum atomic E-state index is 0. The maximum absolute atomic E-state index is 5.19. The van der Waals surface area contributed by atoms with Crippen molar-refractivity contribution >= 4 is 25.0 Å². The molecule has 70 valence electrons. The summed E-state index contributed by atoms with van der Waals surface area (Å²) in [5, 5.41) is 0. The smallest absolute Gasteiger partial charge is 0.0701 e. The molecule has 0 aliphatic heterocycles. The maximum atomic E-state index is 5.19. The minimum Gasteiger partial charge on any atom is -0.378 e. The molecule has 0 heterocycles. The van der Waals surface area contributed by atoms with E-state index in [0.29, 0.717) is 33.0 Å². The predicted molar refractivity (Wildman–Crippen MR) is 51.8 cm³/mol. The highest BCUT2D eigenvalue weighted by Crippen LogP contribution is 1.79. The SMILES string of the molecule is Cl.NCCOCCOCCS. The average molecular weight is 202 g/mol. The summed E-state index contributed by atoms with van der Waals surface area (Å²) in [7, 11) is 0. The Kier molecular flexibility index (Phi) is 16.8. The molecule has 0 radical (unpaired) electrons. The van der Waals surface area contributed by atoms with E-state index in [2.05, 4.69) is 12.6 Å². The van der Waals surface area contributed by atoms with Crippen molar-refractivity contribution in [1.82, 2.24) is 0 Å². The molecule has 2 N–H and O–H groups in total. The summed E-state index contributed by atoms with van der Waals surface area (Å²) in [4.78, 5) is 0. The molecule has 0 unspecified atom stereocenters. The Bertz CT molecular complexity index is 60.5. The zero-order valence-corrected chi connectivity index (χ0v) is 8.20. The van der Waals surface area contributed by atoms with Crippen molar-refractivity contribution in [2.24, 2.45) is 5.73 Å². The first-order valence-electron chi connectivity index (χ1n) is 3.38. The molecule has 0 aliphatic rings. The lowest BCUT2D eigenvalue weighted by Crippen LogP contribution is -2.12. The molecule has 0 aromatic carbocycles. The highest BCUT2D eigenvalue weighted by molar-refractivity contribution is 7.80. The quantitative estimate of drug-likeness (QED) is 0.461. The van der Waals surface area contributed by atoms with E-state index >= 15 is 0 Å². The van der Waals surface area contributed by atoms with Crippen LogP contribution in [-0.2, 0) is 9.47 Å². The lowest BCUT2D eigenvalue weighted by Gasteiger charge is -2.02. The summed E-state index contributed by atoms with van der Waals surface area (Å²) in [6.07, 6.45) is 0. The van der Waals surface area contributed by atoms with Crippen LogP contribution >= 0.6 is 25.0 Å². The van der Waals surface area contributed by atoms with Crippen LogP contribution in [0.3, 0.4) is 0 Å². The summed E-state index contributed by atoms with van der Waals surface area (Å²) >= 11 is 3.98. The van der Waals surface area contributed by atoms with E-state index in [-0.39, 0.29) is 12.4 Å². The zero-order chi connectivity index (χ0) is 7.66. The molecular formula is C6H16ClNO2S. The Morgan fingerprint density at radius 2 is 1.55 bits per heavy atom. The summed E-state index contributed by atoms with van der Waals surface area (Å²) in [6, 6.07) is 0. The molecule has 0 saturated heterocycles. The standard InChI is InChI=1S/C6H15NO2S.ClH/c7-1-2-8-3-4-9-5-6-10;/h10H,1-7H2;1H. The van der Waals surface area contributed by atoms with Crippen molar-refractivity contribution in [2.75, 3.05) is 38.7 Å². The third-order valence-corrected chi connectivity index (χ3v) is 1.05. The fourth-order valence-electron chi connectivity index (χ4n) is 0.470. The summed E-state index contributed by atoms with van der Waals surface area (Å²) < 4.78 is 10.1. The van der Waals surface area contributed by atoms with Gasteiger partial charge < -0.3 is 15.2 Å². The van der Waals surface area contributed by atoms with Gasteiger partial charge in [0, 0.05) is 12.3 Å². The lowest BCUT2D eigenvalue weighted by atomic mass is 10.7. The van der Waals surface area contributed by atoms with Crippen LogP contribution in [0.15, 0.2) is 0 Å². The van der Waals surface area contributed by atoms with Gasteiger partial charge in [-0.3, -0.25) is 0 Å². The fourth-order valence-corrected chi connectivity index (χ4v) is 0.599. The Hall–Kier alpha value is 0.520. The molecule has 0 fully saturated rings. The van der Waals surface area contributed by atoms with Gasteiger partial charge in [-0.25, -0.2) is 0 Å². The molecule has 0 amide bonds. The van der Waals surface area contributed by atoms with Crippen LogP contribution in [0.2, 0.25) is 0 Å². The first-order valence-corrected chi connectivity index (χ1v) is 4.01. The van der Waals surface area contributed by atoms with Crippen molar-refractivity contribution in [3.05, 3.63) is 0 Å². The van der Waals surface area contributed by atoms with Crippen LogP contribution in [0.1, 0.15) is 0 Å². The van der Waals surface area contributed by atoms with Crippen LogP contribution in [0, 0.1) is 0 Å². The van der Waals surface area contributed by atoms with Crippen LogP contribution < -0.4 is 5.73 Å². The second kappa shape index (κ2) is 13.1. The number of rotatable bonds is 7. The van der Waals surface area contributed by atoms with Gasteiger partial charge in [0.05, 0.1) is 26.4 Å². The topological polar surface area (TPSA) is 44.5 Å². The van der Waals surface area contributed by atoms with Crippen molar-refractivity contribution in [3.8, 4) is 0 Å². The highest BCUT2D eigenvalue weighted by Gasteiger charge is 1.86. The van der Waals surface area contributed by atoms with Gasteiger partial charge in [-0.2, -0.15) is 12.6 Å². The van der Waals surface area contributed by atoms with Gasteiger partial charge >= 0.3 is 0 Å². The third kappa shape index (κ3) is 13.5. The number of halogens is 1. The van der Waals surface area contributed by atoms with Crippen molar-refractivity contribution in [1.29, 1.82) is 0 Å². The van der Waals surface area contributed by atoms with Gasteiger partial charge in [-0.15, -0.1) is 12.4 Å². The molecule has 0 atom stereocenters. The van der Waals surface area contributed by atoms with Crippen molar-refractivity contribution in [2.45, 2.75) is 0 Å². The molecule has 11 heavy (non-hydrogen) atoms. The molecule has 0 aromatic rings. The first kappa shape index (κ1) is 14.1. The lowest BCUT2D eigenvalue weighted by molar-refractivity contribution is 0.0572. The predicted octanol–water partition coefficient (Wildman–Crippen LogP) is 0.330. The number of thiol groups is 1. The molecule has 0 saturated carbocycles. The number of ether oxygens (including phenoxy) is 2. The molecule has 0 rings (SSSR count). The second-order valence-electron chi connectivity index (χ2n) is 1.74. The van der Waals surface area contributed by atoms with E-state index in [1.807, 2.05) is 0 Å². The first-order chi connectivity index (χ1) is 4.91. The molecule has 3 nitrogen and oxygen atoms in total. The summed E-state index contributed by atoms with van der Waals surface area (Å²) in [5.74, 6) is 0.761. The number of hydrogen-bond acceptors (Lipinski definition) is 4. The fraction of sp³-hybridized carbons (Fsp3) is 1.00. The number of hydrogen-bond donors (Lipinski definition) is 2. The van der Waals surface area contributed by atoms with E-state index in [1.54, 1.807) is 0 Å².